The van der Waals surface area contributed by atoms with Crippen LogP contribution in [0, 0.1) is 19.8 Å². The molecule has 0 radical (unpaired) electrons. The lowest BCUT2D eigenvalue weighted by Crippen LogP contribution is -2.36. The summed E-state index contributed by atoms with van der Waals surface area (Å²) < 4.78 is 1.76. The molecule has 106 valence electrons. The Bertz CT molecular complexity index is 676. The molecule has 20 heavy (non-hydrogen) atoms. The van der Waals surface area contributed by atoms with Gasteiger partial charge in [-0.1, -0.05) is 6.92 Å². The summed E-state index contributed by atoms with van der Waals surface area (Å²) in [6.07, 6.45) is 2.76. The lowest BCUT2D eigenvalue weighted by atomic mass is 10.0. The third-order valence-corrected chi connectivity index (χ3v) is 4.48. The Morgan fingerprint density at radius 3 is 2.75 bits per heavy atom. The molecule has 0 aromatic carbocycles. The first-order valence-electron chi connectivity index (χ1n) is 7.12. The zero-order valence-electron chi connectivity index (χ0n) is 12.4. The molecule has 5 nitrogen and oxygen atoms in total. The summed E-state index contributed by atoms with van der Waals surface area (Å²) in [6.45, 7) is 9.01. The van der Waals surface area contributed by atoms with Gasteiger partial charge in [-0.15, -0.1) is 0 Å². The molecular weight excluding hydrogens is 252 g/mol. The van der Waals surface area contributed by atoms with Gasteiger partial charge in [0.1, 0.15) is 0 Å². The van der Waals surface area contributed by atoms with Crippen LogP contribution in [0.2, 0.25) is 0 Å². The second-order valence-electron chi connectivity index (χ2n) is 5.82. The van der Waals surface area contributed by atoms with Crippen molar-refractivity contribution in [2.24, 2.45) is 5.92 Å². The molecule has 5 heteroatoms. The monoisotopic (exact) mass is 272 g/mol. The molecule has 1 amide bonds. The van der Waals surface area contributed by atoms with E-state index in [0.29, 0.717) is 11.5 Å². The molecule has 1 saturated heterocycles. The van der Waals surface area contributed by atoms with Crippen molar-refractivity contribution in [2.75, 3.05) is 6.54 Å². The number of carbonyl (C=O) groups excluding carboxylic acids is 1. The molecule has 0 aliphatic carbocycles. The highest BCUT2D eigenvalue weighted by Crippen LogP contribution is 2.25. The Kier molecular flexibility index (Phi) is 3.00. The molecule has 0 N–H and O–H groups in total. The molecule has 2 unspecified atom stereocenters. The number of aryl methyl sites for hydroxylation is 2. The zero-order valence-corrected chi connectivity index (χ0v) is 12.4. The predicted molar refractivity (Wildman–Crippen MR) is 76.7 cm³/mol. The van der Waals surface area contributed by atoms with E-state index in [1.165, 1.54) is 0 Å². The number of likely N-dealkylation sites (tertiary alicyclic amines) is 1. The van der Waals surface area contributed by atoms with Crippen molar-refractivity contribution >= 4 is 11.6 Å². The van der Waals surface area contributed by atoms with Gasteiger partial charge in [-0.05, 0) is 33.1 Å². The van der Waals surface area contributed by atoms with Gasteiger partial charge in [0.2, 0.25) is 0 Å². The van der Waals surface area contributed by atoms with E-state index in [1.54, 1.807) is 10.7 Å². The van der Waals surface area contributed by atoms with Crippen molar-refractivity contribution < 1.29 is 4.79 Å². The average Bonchev–Trinajstić information content (AvgIpc) is 2.94. The molecule has 0 spiro atoms. The Balaban J connectivity index is 2.01. The number of carbonyl (C=O) groups is 1. The summed E-state index contributed by atoms with van der Waals surface area (Å²) in [5, 5.41) is 4.40. The quantitative estimate of drug-likeness (QED) is 0.799. The number of fused-ring (bicyclic) bond motifs is 1. The minimum absolute atomic E-state index is 0.0712. The first-order valence-corrected chi connectivity index (χ1v) is 7.12. The number of nitrogens with zero attached hydrogens (tertiary/aromatic N) is 4. The topological polar surface area (TPSA) is 50.5 Å². The highest BCUT2D eigenvalue weighted by atomic mass is 16.2. The maximum atomic E-state index is 12.7. The second kappa shape index (κ2) is 4.58. The third kappa shape index (κ3) is 1.88. The van der Waals surface area contributed by atoms with Crippen molar-refractivity contribution in [1.82, 2.24) is 19.5 Å². The summed E-state index contributed by atoms with van der Waals surface area (Å²) in [7, 11) is 0. The highest BCUT2D eigenvalue weighted by Gasteiger charge is 2.32. The lowest BCUT2D eigenvalue weighted by molar-refractivity contribution is 0.0733. The molecule has 2 atom stereocenters. The highest BCUT2D eigenvalue weighted by molar-refractivity contribution is 5.95. The lowest BCUT2D eigenvalue weighted by Gasteiger charge is -2.24. The summed E-state index contributed by atoms with van der Waals surface area (Å²) in [4.78, 5) is 19.0. The fourth-order valence-corrected chi connectivity index (χ4v) is 2.91. The zero-order chi connectivity index (χ0) is 14.4. The number of amides is 1. The van der Waals surface area contributed by atoms with E-state index < -0.39 is 0 Å². The van der Waals surface area contributed by atoms with Crippen LogP contribution in [0.15, 0.2) is 12.3 Å². The molecule has 2 aromatic heterocycles. The van der Waals surface area contributed by atoms with E-state index in [-0.39, 0.29) is 11.9 Å². The fraction of sp³-hybridized carbons (Fsp3) is 0.533. The van der Waals surface area contributed by atoms with Gasteiger partial charge in [0.15, 0.2) is 5.65 Å². The SMILES string of the molecule is Cc1cc2ncc(C(=O)N3CCC(C)C3C)c(C)n2n1. The number of aromatic nitrogens is 3. The van der Waals surface area contributed by atoms with E-state index in [0.717, 1.165) is 30.0 Å². The van der Waals surface area contributed by atoms with E-state index >= 15 is 0 Å². The van der Waals surface area contributed by atoms with Gasteiger partial charge in [0.05, 0.1) is 17.0 Å². The molecule has 1 aliphatic rings. The largest absolute Gasteiger partial charge is 0.336 e. The molecule has 3 rings (SSSR count). The molecule has 0 saturated carbocycles. The van der Waals surface area contributed by atoms with Crippen molar-refractivity contribution in [3.63, 3.8) is 0 Å². The van der Waals surface area contributed by atoms with Gasteiger partial charge in [-0.25, -0.2) is 9.50 Å². The molecule has 1 fully saturated rings. The standard InChI is InChI=1S/C15H20N4O/c1-9-5-6-18(11(9)3)15(20)13-8-16-14-7-10(2)17-19(14)12(13)4/h7-9,11H,5-6H2,1-4H3. The van der Waals surface area contributed by atoms with Crippen molar-refractivity contribution in [3.8, 4) is 0 Å². The van der Waals surface area contributed by atoms with Crippen LogP contribution in [0.5, 0.6) is 0 Å². The molecule has 1 aliphatic heterocycles. The molecule has 2 aromatic rings. The van der Waals surface area contributed by atoms with Crippen molar-refractivity contribution in [1.29, 1.82) is 0 Å². The summed E-state index contributed by atoms with van der Waals surface area (Å²) in [5.41, 5.74) is 3.22. The number of hydrogen-bond donors (Lipinski definition) is 0. The molecule has 3 heterocycles. The maximum absolute atomic E-state index is 12.7. The first kappa shape index (κ1) is 13.1. The van der Waals surface area contributed by atoms with Gasteiger partial charge in [0, 0.05) is 24.8 Å². The van der Waals surface area contributed by atoms with Crippen LogP contribution in [0.1, 0.15) is 42.0 Å². The molecular formula is C15H20N4O. The van der Waals surface area contributed by atoms with Crippen molar-refractivity contribution in [2.45, 2.75) is 40.2 Å². The van der Waals surface area contributed by atoms with Crippen LogP contribution in [0.4, 0.5) is 0 Å². The number of rotatable bonds is 1. The Hall–Kier alpha value is -1.91. The smallest absolute Gasteiger partial charge is 0.257 e. The summed E-state index contributed by atoms with van der Waals surface area (Å²) in [6, 6.07) is 2.21. The van der Waals surface area contributed by atoms with E-state index in [2.05, 4.69) is 23.9 Å². The van der Waals surface area contributed by atoms with Gasteiger partial charge in [0.25, 0.3) is 5.91 Å². The summed E-state index contributed by atoms with van der Waals surface area (Å²) in [5.74, 6) is 0.629. The minimum atomic E-state index is 0.0712. The Morgan fingerprint density at radius 2 is 2.10 bits per heavy atom. The Labute approximate surface area is 118 Å². The van der Waals surface area contributed by atoms with Crippen LogP contribution in [-0.4, -0.2) is 38.0 Å². The third-order valence-electron chi connectivity index (χ3n) is 4.48. The van der Waals surface area contributed by atoms with Crippen molar-refractivity contribution in [3.05, 3.63) is 29.2 Å². The van der Waals surface area contributed by atoms with Gasteiger partial charge in [-0.3, -0.25) is 4.79 Å². The Morgan fingerprint density at radius 1 is 1.35 bits per heavy atom. The molecule has 0 bridgehead atoms. The normalized spacial score (nSPS) is 22.7. The van der Waals surface area contributed by atoms with Crippen LogP contribution in [0.3, 0.4) is 0 Å². The van der Waals surface area contributed by atoms with E-state index in [1.807, 2.05) is 24.8 Å². The van der Waals surface area contributed by atoms with Gasteiger partial charge >= 0.3 is 0 Å². The van der Waals surface area contributed by atoms with Crippen LogP contribution >= 0.6 is 0 Å². The second-order valence-corrected chi connectivity index (χ2v) is 5.82. The number of hydrogen-bond acceptors (Lipinski definition) is 3. The summed E-state index contributed by atoms with van der Waals surface area (Å²) >= 11 is 0. The average molecular weight is 272 g/mol. The fourth-order valence-electron chi connectivity index (χ4n) is 2.91. The maximum Gasteiger partial charge on any atom is 0.257 e. The van der Waals surface area contributed by atoms with Crippen LogP contribution < -0.4 is 0 Å². The van der Waals surface area contributed by atoms with Crippen LogP contribution in [-0.2, 0) is 0 Å². The van der Waals surface area contributed by atoms with Gasteiger partial charge in [-0.2, -0.15) is 5.10 Å². The van der Waals surface area contributed by atoms with Crippen LogP contribution in [0.25, 0.3) is 5.65 Å². The minimum Gasteiger partial charge on any atom is -0.336 e. The predicted octanol–water partition coefficient (Wildman–Crippen LogP) is 2.22. The van der Waals surface area contributed by atoms with E-state index in [4.69, 9.17) is 0 Å². The first-order chi connectivity index (χ1) is 9.49. The van der Waals surface area contributed by atoms with E-state index in [9.17, 15) is 4.79 Å². The van der Waals surface area contributed by atoms with Gasteiger partial charge < -0.3 is 4.90 Å².